The third-order valence-electron chi connectivity index (χ3n) is 14.0. The van der Waals surface area contributed by atoms with Crippen molar-refractivity contribution >= 4 is 306 Å². The second-order valence-corrected chi connectivity index (χ2v) is 19.1. The van der Waals surface area contributed by atoms with Crippen molar-refractivity contribution in [1.82, 2.24) is 19.5 Å². The van der Waals surface area contributed by atoms with Gasteiger partial charge in [0, 0.05) is 48.2 Å². The van der Waals surface area contributed by atoms with Gasteiger partial charge >= 0.3 is 0 Å². The lowest BCUT2D eigenvalue weighted by Crippen LogP contribution is -2.56. The lowest BCUT2D eigenvalue weighted by atomic mass is 9.61. The minimum atomic E-state index is -0.115. The number of aromatic nitrogens is 4. The van der Waals surface area contributed by atoms with Crippen molar-refractivity contribution in [3.05, 3.63) is 78.9 Å². The Morgan fingerprint density at radius 1 is 0.280 bits per heavy atom. The zero-order valence-corrected chi connectivity index (χ0v) is 40.5. The normalized spacial score (nSPS) is 11.7. The molecule has 0 N–H and O–H groups in total. The van der Waals surface area contributed by atoms with Gasteiger partial charge in [-0.05, 0) is 44.5 Å². The molecule has 8 aromatic carbocycles. The predicted molar refractivity (Wildman–Crippen MR) is 337 cm³/mol. The molecule has 0 aliphatic rings. The summed E-state index contributed by atoms with van der Waals surface area (Å²) in [5.74, 6) is 0.0680. The Hall–Kier alpha value is -5.98. The molecule has 3 aromatic heterocycles. The van der Waals surface area contributed by atoms with Crippen LogP contribution in [0.2, 0.25) is 0 Å². The first-order valence-electron chi connectivity index (χ1n) is 22.7. The highest BCUT2D eigenvalue weighted by Crippen LogP contribution is 2.37. The number of nitrogens with zero attached hydrogens (tertiary/aromatic N) is 4. The Morgan fingerprint density at radius 3 is 1.25 bits per heavy atom. The molecule has 0 unspecified atom stereocenters. The van der Waals surface area contributed by atoms with Crippen LogP contribution in [0.4, 0.5) is 0 Å². The molecule has 0 atom stereocenters. The number of hydrogen-bond donors (Lipinski definition) is 0. The smallest absolute Gasteiger partial charge is 0.164 e. The van der Waals surface area contributed by atoms with Crippen LogP contribution in [0.3, 0.4) is 0 Å². The summed E-state index contributed by atoms with van der Waals surface area (Å²) in [7, 11) is 127. The van der Waals surface area contributed by atoms with Crippen LogP contribution in [0, 0.1) is 0 Å². The number of rotatable bonds is 6. The van der Waals surface area contributed by atoms with Crippen LogP contribution in [0.25, 0.3) is 104 Å². The van der Waals surface area contributed by atoms with Gasteiger partial charge < -0.3 is 4.57 Å². The Kier molecular flexibility index (Phi) is 12.7. The third-order valence-corrected chi connectivity index (χ3v) is 15.2. The van der Waals surface area contributed by atoms with Crippen molar-refractivity contribution in [2.75, 3.05) is 0 Å². The third kappa shape index (κ3) is 7.56. The van der Waals surface area contributed by atoms with Gasteiger partial charge in [-0.3, -0.25) is 0 Å². The molecule has 0 aliphatic heterocycles. The highest BCUT2D eigenvalue weighted by Gasteiger charge is 2.29. The van der Waals surface area contributed by atoms with E-state index in [0.717, 1.165) is 22.3 Å². The van der Waals surface area contributed by atoms with Gasteiger partial charge in [-0.1, -0.05) is 133 Å². The summed E-state index contributed by atoms with van der Waals surface area (Å²) >= 11 is 1.19. The lowest BCUT2D eigenvalue weighted by molar-refractivity contribution is 1.08. The zero-order chi connectivity index (χ0) is 53.5. The summed E-state index contributed by atoms with van der Waals surface area (Å²) in [6.07, 6.45) is 0. The Bertz CT molecular complexity index is 4320. The molecule has 0 aliphatic carbocycles. The number of hydrogen-bond acceptors (Lipinski definition) is 4. The minimum absolute atomic E-state index is 0.00100. The van der Waals surface area contributed by atoms with Crippen LogP contribution in [0.5, 0.6) is 0 Å². The molecule has 24 heteroatoms. The molecule has 38 radical (unpaired) electrons. The molecule has 0 saturated heterocycles. The Labute approximate surface area is 463 Å². The fourth-order valence-electron chi connectivity index (χ4n) is 9.90. The SMILES string of the molecule is [B]c1c([B])c([B])c(-n2c3c([B])c([B])c([B])c([B])c3c3c([B])c(-c4nc(-c5ccc(-c6cccc(-c7ccccc7)c6)cc5)nc(-c5c([B])c([B])c([B])c6c5sc5c([B])c([B])c([B])c([B])c56)n4)c([B])c([B])c32)c([B])c1[B]. The fraction of sp³-hybridized carbons (Fsp3) is 0. The highest BCUT2D eigenvalue weighted by molar-refractivity contribution is 7.28. The summed E-state index contributed by atoms with van der Waals surface area (Å²) in [5.41, 5.74) is 4.85. The van der Waals surface area contributed by atoms with Crippen molar-refractivity contribution in [2.24, 2.45) is 0 Å². The topological polar surface area (TPSA) is 43.6 Å². The second-order valence-electron chi connectivity index (χ2n) is 18.1. The summed E-state index contributed by atoms with van der Waals surface area (Å²) < 4.78 is 2.39. The summed E-state index contributed by atoms with van der Waals surface area (Å²) in [6, 6.07) is 25.9. The van der Waals surface area contributed by atoms with Crippen LogP contribution in [0.1, 0.15) is 0 Å². The molecule has 11 rings (SSSR count). The minimum Gasteiger partial charge on any atom is -0.312 e. The van der Waals surface area contributed by atoms with Gasteiger partial charge in [0.15, 0.2) is 17.5 Å². The molecule has 75 heavy (non-hydrogen) atoms. The van der Waals surface area contributed by atoms with Gasteiger partial charge in [0.25, 0.3) is 0 Å². The summed E-state index contributed by atoms with van der Waals surface area (Å²) in [4.78, 5) is 15.2. The molecule has 0 amide bonds. The van der Waals surface area contributed by atoms with Crippen LogP contribution in [-0.2, 0) is 0 Å². The standard InChI is InChI=1S/C51H13B19N4S/c52-25-19-20-26(53)32(59)35(62)40(67)45(20)74(46-41(68)36(63)34(61)37(64)42(46)69)44(19)39(66)29(56)23(25)50-71-49(16-11-9-15(10-12-16)18-8-4-7-17(13-18)14-5-2-1-3-6-14)72-51(73-50)24-30(57)31(58)27(54)21-22-28(55)33(60)38(65)43(70)48(22)75-47(21)24/h1-13H. The molecule has 4 nitrogen and oxygen atoms in total. The summed E-state index contributed by atoms with van der Waals surface area (Å²) in [5, 5.41) is 1.16. The Morgan fingerprint density at radius 2 is 0.667 bits per heavy atom. The molecule has 0 spiro atoms. The number of benzene rings is 8. The lowest BCUT2D eigenvalue weighted by Gasteiger charge is -2.25. The monoisotopic (exact) mass is 922 g/mol. The number of thiophene rings is 1. The second kappa shape index (κ2) is 18.6. The van der Waals surface area contributed by atoms with Crippen molar-refractivity contribution < 1.29 is 0 Å². The van der Waals surface area contributed by atoms with Gasteiger partial charge in [0.2, 0.25) is 0 Å². The van der Waals surface area contributed by atoms with E-state index >= 15 is 0 Å². The van der Waals surface area contributed by atoms with Gasteiger partial charge in [0.05, 0.1) is 0 Å². The van der Waals surface area contributed by atoms with E-state index in [0.29, 0.717) is 25.7 Å². The molecular formula is C51H13B19N4S. The van der Waals surface area contributed by atoms with Crippen molar-refractivity contribution in [3.63, 3.8) is 0 Å². The van der Waals surface area contributed by atoms with Crippen molar-refractivity contribution in [2.45, 2.75) is 0 Å². The van der Waals surface area contributed by atoms with Crippen LogP contribution < -0.4 is 104 Å². The fourth-order valence-corrected chi connectivity index (χ4v) is 11.3. The van der Waals surface area contributed by atoms with E-state index < -0.39 is 0 Å². The van der Waals surface area contributed by atoms with Crippen LogP contribution in [-0.4, -0.2) is 169 Å². The van der Waals surface area contributed by atoms with Gasteiger partial charge in [-0.15, -0.1) is 55.0 Å². The van der Waals surface area contributed by atoms with E-state index in [9.17, 15) is 0 Å². The van der Waals surface area contributed by atoms with Gasteiger partial charge in [0.1, 0.15) is 149 Å². The quantitative estimate of drug-likeness (QED) is 0.156. The summed E-state index contributed by atoms with van der Waals surface area (Å²) in [6.45, 7) is 0. The largest absolute Gasteiger partial charge is 0.312 e. The molecule has 0 fully saturated rings. The van der Waals surface area contributed by atoms with Gasteiger partial charge in [-0.2, -0.15) is 0 Å². The predicted octanol–water partition coefficient (Wildman–Crippen LogP) is -9.25. The number of fused-ring (bicyclic) bond motifs is 6. The van der Waals surface area contributed by atoms with Crippen molar-refractivity contribution in [3.8, 4) is 62.1 Å². The maximum Gasteiger partial charge on any atom is 0.164 e. The molecule has 0 saturated carbocycles. The van der Waals surface area contributed by atoms with E-state index in [-0.39, 0.29) is 160 Å². The molecular weight excluding hydrogens is 906 g/mol. The maximum absolute atomic E-state index is 7.38. The van der Waals surface area contributed by atoms with E-state index in [1.165, 1.54) is 15.9 Å². The average molecular weight is 919 g/mol. The van der Waals surface area contributed by atoms with Gasteiger partial charge in [-0.25, -0.2) is 15.0 Å². The molecule has 11 aromatic rings. The molecule has 3 heterocycles. The Balaban J connectivity index is 1.24. The zero-order valence-electron chi connectivity index (χ0n) is 39.7. The highest BCUT2D eigenvalue weighted by atomic mass is 32.1. The van der Waals surface area contributed by atoms with E-state index in [2.05, 4.69) is 24.3 Å². The first-order valence-corrected chi connectivity index (χ1v) is 23.5. The van der Waals surface area contributed by atoms with Crippen LogP contribution >= 0.6 is 11.3 Å². The molecule has 0 bridgehead atoms. The molecule has 300 valence electrons. The van der Waals surface area contributed by atoms with Crippen molar-refractivity contribution in [1.29, 1.82) is 0 Å². The van der Waals surface area contributed by atoms with E-state index in [1.807, 2.05) is 54.6 Å². The first kappa shape index (κ1) is 51.1. The van der Waals surface area contributed by atoms with E-state index in [4.69, 9.17) is 164 Å². The van der Waals surface area contributed by atoms with E-state index in [1.54, 1.807) is 0 Å². The van der Waals surface area contributed by atoms with Crippen LogP contribution in [0.15, 0.2) is 78.9 Å². The maximum atomic E-state index is 7.38. The average Bonchev–Trinajstić information content (AvgIpc) is 4.00. The first-order chi connectivity index (χ1) is 35.7.